The van der Waals surface area contributed by atoms with Crippen LogP contribution in [-0.2, 0) is 11.2 Å². The largest absolute Gasteiger partial charge is 0.378 e. The highest BCUT2D eigenvalue weighted by atomic mass is 35.5. The van der Waals surface area contributed by atoms with Gasteiger partial charge in [0.25, 0.3) is 5.91 Å². The van der Waals surface area contributed by atoms with Gasteiger partial charge in [0, 0.05) is 40.8 Å². The van der Waals surface area contributed by atoms with Gasteiger partial charge in [-0.15, -0.1) is 0 Å². The van der Waals surface area contributed by atoms with Crippen molar-refractivity contribution in [1.29, 1.82) is 0 Å². The second kappa shape index (κ2) is 8.60. The molecule has 0 spiro atoms. The lowest BCUT2D eigenvalue weighted by molar-refractivity contribution is -0.115. The van der Waals surface area contributed by atoms with E-state index in [9.17, 15) is 4.79 Å². The van der Waals surface area contributed by atoms with Crippen molar-refractivity contribution in [3.8, 4) is 0 Å². The molecule has 0 saturated heterocycles. The number of pyridine rings is 1. The van der Waals surface area contributed by atoms with E-state index >= 15 is 0 Å². The summed E-state index contributed by atoms with van der Waals surface area (Å²) in [5.41, 5.74) is 6.26. The van der Waals surface area contributed by atoms with Crippen molar-refractivity contribution < 1.29 is 4.79 Å². The van der Waals surface area contributed by atoms with E-state index in [-0.39, 0.29) is 11.9 Å². The van der Waals surface area contributed by atoms with E-state index < -0.39 is 0 Å². The number of aliphatic imine (C=N–C) groups is 1. The third-order valence-corrected chi connectivity index (χ3v) is 6.16. The van der Waals surface area contributed by atoms with Gasteiger partial charge < -0.3 is 5.32 Å². The molecule has 5 nitrogen and oxygen atoms in total. The van der Waals surface area contributed by atoms with Gasteiger partial charge in [-0.2, -0.15) is 0 Å². The first-order chi connectivity index (χ1) is 15.7. The molecule has 3 aromatic rings. The highest BCUT2D eigenvalue weighted by Gasteiger charge is 2.44. The number of halogens is 1. The highest BCUT2D eigenvalue weighted by Crippen LogP contribution is 2.42. The lowest BCUT2D eigenvalue weighted by Gasteiger charge is -2.28. The molecule has 0 fully saturated rings. The number of aryl methyl sites for hydroxylation is 1. The van der Waals surface area contributed by atoms with E-state index in [0.717, 1.165) is 34.5 Å². The van der Waals surface area contributed by atoms with E-state index in [1.807, 2.05) is 59.6 Å². The van der Waals surface area contributed by atoms with E-state index in [1.165, 1.54) is 5.56 Å². The summed E-state index contributed by atoms with van der Waals surface area (Å²) in [7, 11) is 0. The molecule has 0 bridgehead atoms. The minimum absolute atomic E-state index is 0.0540. The maximum atomic E-state index is 13.8. The molecule has 160 valence electrons. The van der Waals surface area contributed by atoms with Crippen LogP contribution in [0.3, 0.4) is 0 Å². The van der Waals surface area contributed by atoms with Crippen molar-refractivity contribution in [3.63, 3.8) is 0 Å². The van der Waals surface area contributed by atoms with Crippen LogP contribution in [0.2, 0.25) is 5.02 Å². The molecule has 1 atom stereocenters. The number of carbonyl (C=O) groups is 1. The molecule has 1 aromatic heterocycles. The maximum Gasteiger partial charge on any atom is 0.275 e. The lowest BCUT2D eigenvalue weighted by Crippen LogP contribution is -2.33. The molecule has 0 saturated carbocycles. The summed E-state index contributed by atoms with van der Waals surface area (Å²) in [6.07, 6.45) is 4.52. The fraction of sp³-hybridized carbons (Fsp3) is 0.192. The molecule has 5 rings (SSSR count). The Balaban J connectivity index is 1.69. The number of amides is 1. The van der Waals surface area contributed by atoms with Crippen LogP contribution in [0, 0.1) is 0 Å². The third kappa shape index (κ3) is 3.59. The van der Waals surface area contributed by atoms with E-state index in [2.05, 4.69) is 29.4 Å². The molecular formula is C26H23ClN4O. The van der Waals surface area contributed by atoms with Gasteiger partial charge in [0.1, 0.15) is 5.70 Å². The molecule has 1 unspecified atom stereocenters. The summed E-state index contributed by atoms with van der Waals surface area (Å²) >= 11 is 6.13. The topological polar surface area (TPSA) is 57.6 Å². The number of benzene rings is 2. The van der Waals surface area contributed by atoms with Gasteiger partial charge in [-0.3, -0.25) is 19.7 Å². The molecule has 1 amide bonds. The molecule has 6 heteroatoms. The Labute approximate surface area is 192 Å². The molecule has 2 aliphatic heterocycles. The first-order valence-corrected chi connectivity index (χ1v) is 11.2. The van der Waals surface area contributed by atoms with Crippen LogP contribution in [0.1, 0.15) is 29.7 Å². The number of nitrogens with zero attached hydrogens (tertiary/aromatic N) is 3. The van der Waals surface area contributed by atoms with Gasteiger partial charge in [0.05, 0.1) is 18.3 Å². The van der Waals surface area contributed by atoms with Gasteiger partial charge in [-0.1, -0.05) is 48.9 Å². The third-order valence-electron chi connectivity index (χ3n) is 5.91. The number of hydrogen-bond donors (Lipinski definition) is 1. The predicted molar refractivity (Wildman–Crippen MR) is 128 cm³/mol. The maximum absolute atomic E-state index is 13.8. The molecule has 3 heterocycles. The summed E-state index contributed by atoms with van der Waals surface area (Å²) in [6, 6.07) is 19.4. The van der Waals surface area contributed by atoms with Crippen molar-refractivity contribution in [3.05, 3.63) is 106 Å². The SMILES string of the molecule is CCc1ccc(N2C(=O)C3=C(C(c4ccc(Cl)cc4)=NCCN3)C2c2cccnc2)cc1. The summed E-state index contributed by atoms with van der Waals surface area (Å²) in [6.45, 7) is 3.31. The van der Waals surface area contributed by atoms with Gasteiger partial charge in [0.2, 0.25) is 0 Å². The second-order valence-electron chi connectivity index (χ2n) is 7.84. The zero-order chi connectivity index (χ0) is 22.1. The summed E-state index contributed by atoms with van der Waals surface area (Å²) in [4.78, 5) is 24.9. The van der Waals surface area contributed by atoms with E-state index in [1.54, 1.807) is 6.20 Å². The summed E-state index contributed by atoms with van der Waals surface area (Å²) in [5.74, 6) is -0.0540. The van der Waals surface area contributed by atoms with E-state index in [0.29, 0.717) is 23.8 Å². The Hall–Kier alpha value is -3.44. The lowest BCUT2D eigenvalue weighted by atomic mass is 9.92. The highest BCUT2D eigenvalue weighted by molar-refractivity contribution is 6.31. The monoisotopic (exact) mass is 442 g/mol. The van der Waals surface area contributed by atoms with Crippen molar-refractivity contribution in [2.45, 2.75) is 19.4 Å². The first-order valence-electron chi connectivity index (χ1n) is 10.8. The zero-order valence-corrected chi connectivity index (χ0v) is 18.5. The second-order valence-corrected chi connectivity index (χ2v) is 8.27. The zero-order valence-electron chi connectivity index (χ0n) is 17.8. The Kier molecular flexibility index (Phi) is 5.50. The summed E-state index contributed by atoms with van der Waals surface area (Å²) in [5, 5.41) is 4.02. The van der Waals surface area contributed by atoms with Gasteiger partial charge in [0.15, 0.2) is 0 Å². The number of anilines is 1. The number of hydrogen-bond acceptors (Lipinski definition) is 4. The Morgan fingerprint density at radius 1 is 1.09 bits per heavy atom. The van der Waals surface area contributed by atoms with Crippen LogP contribution in [0.5, 0.6) is 0 Å². The smallest absolute Gasteiger partial charge is 0.275 e. The standard InChI is InChI=1S/C26H23ClN4O/c1-2-17-5-11-21(12-6-17)31-25(19-4-3-13-28-16-19)22-23(18-7-9-20(27)10-8-18)29-14-15-30-24(22)26(31)32/h3-13,16,25,30H,2,14-15H2,1H3. The summed E-state index contributed by atoms with van der Waals surface area (Å²) < 4.78 is 0. The Bertz CT molecular complexity index is 1200. The first kappa shape index (κ1) is 20.5. The van der Waals surface area contributed by atoms with Crippen LogP contribution in [0.15, 0.2) is 89.3 Å². The Morgan fingerprint density at radius 2 is 1.88 bits per heavy atom. The molecule has 2 aromatic carbocycles. The van der Waals surface area contributed by atoms with Crippen LogP contribution in [0.25, 0.3) is 0 Å². The molecular weight excluding hydrogens is 420 g/mol. The van der Waals surface area contributed by atoms with Gasteiger partial charge >= 0.3 is 0 Å². The van der Waals surface area contributed by atoms with Crippen molar-refractivity contribution in [1.82, 2.24) is 10.3 Å². The number of nitrogens with one attached hydrogen (secondary N) is 1. The average molecular weight is 443 g/mol. The van der Waals surface area contributed by atoms with Crippen molar-refractivity contribution in [2.24, 2.45) is 4.99 Å². The van der Waals surface area contributed by atoms with E-state index in [4.69, 9.17) is 16.6 Å². The Morgan fingerprint density at radius 3 is 2.56 bits per heavy atom. The number of aromatic nitrogens is 1. The quantitative estimate of drug-likeness (QED) is 0.635. The fourth-order valence-electron chi connectivity index (χ4n) is 4.34. The fourth-order valence-corrected chi connectivity index (χ4v) is 4.46. The van der Waals surface area contributed by atoms with Crippen molar-refractivity contribution in [2.75, 3.05) is 18.0 Å². The predicted octanol–water partition coefficient (Wildman–Crippen LogP) is 4.73. The number of rotatable bonds is 4. The minimum atomic E-state index is -0.335. The molecule has 1 N–H and O–H groups in total. The molecule has 2 aliphatic rings. The molecule has 32 heavy (non-hydrogen) atoms. The van der Waals surface area contributed by atoms with Crippen LogP contribution >= 0.6 is 11.6 Å². The average Bonchev–Trinajstić information content (AvgIpc) is 2.97. The van der Waals surface area contributed by atoms with Gasteiger partial charge in [-0.25, -0.2) is 0 Å². The van der Waals surface area contributed by atoms with Crippen molar-refractivity contribution >= 4 is 28.9 Å². The van der Waals surface area contributed by atoms with Crippen LogP contribution in [-0.4, -0.2) is 29.7 Å². The number of carbonyl (C=O) groups excluding carboxylic acids is 1. The van der Waals surface area contributed by atoms with Crippen LogP contribution in [0.4, 0.5) is 5.69 Å². The minimum Gasteiger partial charge on any atom is -0.378 e. The van der Waals surface area contributed by atoms with Crippen LogP contribution < -0.4 is 10.2 Å². The molecule has 0 aliphatic carbocycles. The normalized spacial score (nSPS) is 18.2. The molecule has 0 radical (unpaired) electrons. The van der Waals surface area contributed by atoms with Gasteiger partial charge in [-0.05, 0) is 47.9 Å².